The van der Waals surface area contributed by atoms with Crippen molar-refractivity contribution in [3.8, 4) is 0 Å². The van der Waals surface area contributed by atoms with Gasteiger partial charge in [-0.3, -0.25) is 10.1 Å². The Kier molecular flexibility index (Phi) is 4.10. The Balaban J connectivity index is 0.00000147. The van der Waals surface area contributed by atoms with Crippen LogP contribution in [0.1, 0.15) is 12.8 Å². The molecular weight excluding hydrogens is 282 g/mol. The number of nitrogens with two attached hydrogens (primary N) is 1. The standard InChI is InChI=1S/C12H15N5O2.ClH/c13-8-3-5-16(6-4-8)12-14-10-2-1-9(17(18)19)7-11(10)15-12;/h1-2,7-8H,3-6,13H2,(H,14,15);1H. The number of non-ortho nitro benzene ring substituents is 1. The Labute approximate surface area is 121 Å². The Hall–Kier alpha value is -1.86. The fourth-order valence-corrected chi connectivity index (χ4v) is 2.36. The number of nitro benzene ring substituents is 1. The minimum absolute atomic E-state index is 0. The number of anilines is 1. The lowest BCUT2D eigenvalue weighted by Gasteiger charge is -2.29. The molecule has 0 aliphatic carbocycles. The van der Waals surface area contributed by atoms with Crippen molar-refractivity contribution in [2.45, 2.75) is 18.9 Å². The van der Waals surface area contributed by atoms with Crippen molar-refractivity contribution < 1.29 is 4.92 Å². The Morgan fingerprint density at radius 3 is 2.75 bits per heavy atom. The summed E-state index contributed by atoms with van der Waals surface area (Å²) in [5.74, 6) is 0.766. The molecule has 1 aliphatic rings. The lowest BCUT2D eigenvalue weighted by Crippen LogP contribution is -2.40. The molecule has 0 radical (unpaired) electrons. The first kappa shape index (κ1) is 14.5. The molecule has 108 valence electrons. The lowest BCUT2D eigenvalue weighted by molar-refractivity contribution is -0.384. The van der Waals surface area contributed by atoms with Crippen LogP contribution in [-0.4, -0.2) is 34.0 Å². The molecule has 3 rings (SSSR count). The van der Waals surface area contributed by atoms with Crippen LogP contribution in [0.5, 0.6) is 0 Å². The van der Waals surface area contributed by atoms with Crippen molar-refractivity contribution in [3.05, 3.63) is 28.3 Å². The minimum Gasteiger partial charge on any atom is -0.342 e. The largest absolute Gasteiger partial charge is 0.342 e. The van der Waals surface area contributed by atoms with Gasteiger partial charge in [0, 0.05) is 31.3 Å². The molecule has 1 aromatic carbocycles. The topological polar surface area (TPSA) is 101 Å². The minimum atomic E-state index is -0.403. The molecule has 0 spiro atoms. The van der Waals surface area contributed by atoms with E-state index in [1.54, 1.807) is 6.07 Å². The van der Waals surface area contributed by atoms with Gasteiger partial charge in [-0.2, -0.15) is 0 Å². The summed E-state index contributed by atoms with van der Waals surface area (Å²) in [6, 6.07) is 4.92. The highest BCUT2D eigenvalue weighted by atomic mass is 35.5. The molecule has 2 aromatic rings. The van der Waals surface area contributed by atoms with E-state index in [9.17, 15) is 10.1 Å². The van der Waals surface area contributed by atoms with Gasteiger partial charge in [0.05, 0.1) is 16.0 Å². The number of hydrogen-bond acceptors (Lipinski definition) is 5. The predicted molar refractivity (Wildman–Crippen MR) is 79.4 cm³/mol. The summed E-state index contributed by atoms with van der Waals surface area (Å²) < 4.78 is 0. The third-order valence-electron chi connectivity index (χ3n) is 3.50. The Bertz CT molecular complexity index is 621. The fourth-order valence-electron chi connectivity index (χ4n) is 2.36. The van der Waals surface area contributed by atoms with E-state index in [0.29, 0.717) is 5.52 Å². The molecule has 7 nitrogen and oxygen atoms in total. The monoisotopic (exact) mass is 297 g/mol. The van der Waals surface area contributed by atoms with Crippen molar-refractivity contribution in [2.75, 3.05) is 18.0 Å². The van der Waals surface area contributed by atoms with Crippen molar-refractivity contribution in [2.24, 2.45) is 5.73 Å². The number of nitro groups is 1. The van der Waals surface area contributed by atoms with Gasteiger partial charge in [0.1, 0.15) is 0 Å². The van der Waals surface area contributed by atoms with Gasteiger partial charge < -0.3 is 15.6 Å². The average molecular weight is 298 g/mol. The second-order valence-electron chi connectivity index (χ2n) is 4.84. The molecule has 1 saturated heterocycles. The summed E-state index contributed by atoms with van der Waals surface area (Å²) in [5.41, 5.74) is 7.38. The van der Waals surface area contributed by atoms with E-state index >= 15 is 0 Å². The Morgan fingerprint density at radius 1 is 1.40 bits per heavy atom. The molecule has 0 bridgehead atoms. The number of rotatable bonds is 2. The van der Waals surface area contributed by atoms with Crippen LogP contribution < -0.4 is 10.6 Å². The van der Waals surface area contributed by atoms with E-state index in [1.165, 1.54) is 12.1 Å². The number of H-pyrrole nitrogens is 1. The zero-order valence-electron chi connectivity index (χ0n) is 10.8. The lowest BCUT2D eigenvalue weighted by atomic mass is 10.1. The number of nitrogens with zero attached hydrogens (tertiary/aromatic N) is 3. The molecule has 2 heterocycles. The summed E-state index contributed by atoms with van der Waals surface area (Å²) in [4.78, 5) is 20.1. The molecule has 3 N–H and O–H groups in total. The first-order valence-corrected chi connectivity index (χ1v) is 6.28. The maximum absolute atomic E-state index is 10.7. The van der Waals surface area contributed by atoms with Crippen LogP contribution in [0.3, 0.4) is 0 Å². The normalized spacial score (nSPS) is 16.1. The van der Waals surface area contributed by atoms with Gasteiger partial charge in [-0.1, -0.05) is 0 Å². The maximum Gasteiger partial charge on any atom is 0.271 e. The summed E-state index contributed by atoms with van der Waals surface area (Å²) in [7, 11) is 0. The smallest absolute Gasteiger partial charge is 0.271 e. The van der Waals surface area contributed by atoms with E-state index < -0.39 is 4.92 Å². The number of benzene rings is 1. The van der Waals surface area contributed by atoms with Gasteiger partial charge >= 0.3 is 0 Å². The molecule has 20 heavy (non-hydrogen) atoms. The van der Waals surface area contributed by atoms with Gasteiger partial charge in [0.25, 0.3) is 5.69 Å². The zero-order valence-corrected chi connectivity index (χ0v) is 11.6. The van der Waals surface area contributed by atoms with Crippen molar-refractivity contribution in [3.63, 3.8) is 0 Å². The molecule has 0 atom stereocenters. The molecule has 0 saturated carbocycles. The highest BCUT2D eigenvalue weighted by Crippen LogP contribution is 2.23. The molecule has 0 amide bonds. The van der Waals surface area contributed by atoms with Gasteiger partial charge in [0.15, 0.2) is 0 Å². The first-order valence-electron chi connectivity index (χ1n) is 6.28. The number of aromatic nitrogens is 2. The van der Waals surface area contributed by atoms with Gasteiger partial charge in [-0.25, -0.2) is 4.98 Å². The van der Waals surface area contributed by atoms with E-state index in [0.717, 1.165) is 37.4 Å². The van der Waals surface area contributed by atoms with E-state index in [4.69, 9.17) is 5.73 Å². The second-order valence-corrected chi connectivity index (χ2v) is 4.84. The molecule has 1 aliphatic heterocycles. The molecule has 1 aromatic heterocycles. The van der Waals surface area contributed by atoms with Crippen molar-refractivity contribution >= 4 is 35.1 Å². The van der Waals surface area contributed by atoms with Crippen LogP contribution in [0.15, 0.2) is 18.2 Å². The van der Waals surface area contributed by atoms with Crippen LogP contribution >= 0.6 is 12.4 Å². The SMILES string of the molecule is Cl.NC1CCN(c2nc3ccc([N+](=O)[O-])cc3[nH]2)CC1. The van der Waals surface area contributed by atoms with Crippen LogP contribution in [0.2, 0.25) is 0 Å². The van der Waals surface area contributed by atoms with Crippen LogP contribution in [-0.2, 0) is 0 Å². The summed E-state index contributed by atoms with van der Waals surface area (Å²) in [5, 5.41) is 10.7. The second kappa shape index (κ2) is 5.64. The number of aromatic amines is 1. The summed E-state index contributed by atoms with van der Waals surface area (Å²) >= 11 is 0. The number of nitrogens with one attached hydrogen (secondary N) is 1. The third kappa shape index (κ3) is 2.68. The van der Waals surface area contributed by atoms with E-state index in [-0.39, 0.29) is 24.1 Å². The Morgan fingerprint density at radius 2 is 2.10 bits per heavy atom. The van der Waals surface area contributed by atoms with Gasteiger partial charge in [0.2, 0.25) is 5.95 Å². The fraction of sp³-hybridized carbons (Fsp3) is 0.417. The van der Waals surface area contributed by atoms with Gasteiger partial charge in [-0.15, -0.1) is 12.4 Å². The van der Waals surface area contributed by atoms with E-state index in [1.807, 2.05) is 0 Å². The number of fused-ring (bicyclic) bond motifs is 1. The highest BCUT2D eigenvalue weighted by Gasteiger charge is 2.19. The summed E-state index contributed by atoms with van der Waals surface area (Å²) in [6.45, 7) is 1.73. The van der Waals surface area contributed by atoms with Crippen LogP contribution in [0, 0.1) is 10.1 Å². The number of hydrogen-bond donors (Lipinski definition) is 2. The third-order valence-corrected chi connectivity index (χ3v) is 3.50. The highest BCUT2D eigenvalue weighted by molar-refractivity contribution is 5.85. The number of imidazole rings is 1. The maximum atomic E-state index is 10.7. The molecular formula is C12H16ClN5O2. The average Bonchev–Trinajstić information content (AvgIpc) is 2.82. The quantitative estimate of drug-likeness (QED) is 0.650. The summed E-state index contributed by atoms with van der Waals surface area (Å²) in [6.07, 6.45) is 1.88. The van der Waals surface area contributed by atoms with Crippen molar-refractivity contribution in [1.29, 1.82) is 0 Å². The van der Waals surface area contributed by atoms with Crippen molar-refractivity contribution in [1.82, 2.24) is 9.97 Å². The first-order chi connectivity index (χ1) is 9.13. The van der Waals surface area contributed by atoms with Crippen LogP contribution in [0.4, 0.5) is 11.6 Å². The number of halogens is 1. The predicted octanol–water partition coefficient (Wildman–Crippen LogP) is 1.82. The molecule has 8 heteroatoms. The van der Waals surface area contributed by atoms with Crippen LogP contribution in [0.25, 0.3) is 11.0 Å². The van der Waals surface area contributed by atoms with Gasteiger partial charge in [-0.05, 0) is 18.9 Å². The zero-order chi connectivity index (χ0) is 13.4. The molecule has 1 fully saturated rings. The van der Waals surface area contributed by atoms with E-state index in [2.05, 4.69) is 14.9 Å². The number of piperidine rings is 1. The molecule has 0 unspecified atom stereocenters.